The smallest absolute Gasteiger partial charge is 0.257 e. The number of carbonyl (C=O) groups excluding carboxylic acids is 1. The summed E-state index contributed by atoms with van der Waals surface area (Å²) < 4.78 is 1.76. The van der Waals surface area contributed by atoms with E-state index in [-0.39, 0.29) is 5.91 Å². The highest BCUT2D eigenvalue weighted by atomic mass is 79.9. The molecule has 2 nitrogen and oxygen atoms in total. The Morgan fingerprint density at radius 1 is 1.06 bits per heavy atom. The van der Waals surface area contributed by atoms with Gasteiger partial charge in [-0.2, -0.15) is 0 Å². The molecular weight excluding hydrogens is 381 g/mol. The fraction of sp³-hybridized carbons (Fsp3) is 0. The van der Waals surface area contributed by atoms with Crippen molar-refractivity contribution in [3.63, 3.8) is 0 Å². The lowest BCUT2D eigenvalue weighted by molar-refractivity contribution is 0.102. The fourth-order valence-corrected chi connectivity index (χ4v) is 2.99. The van der Waals surface area contributed by atoms with E-state index >= 15 is 0 Å². The molecule has 1 N–H and O–H groups in total. The Kier molecular flexibility index (Phi) is 4.43. The number of anilines is 1. The van der Waals surface area contributed by atoms with Gasteiger partial charge in [0.15, 0.2) is 0 Å². The molecule has 0 heterocycles. The van der Waals surface area contributed by atoms with E-state index in [0.717, 1.165) is 8.95 Å². The van der Waals surface area contributed by atoms with Crippen molar-refractivity contribution in [1.82, 2.24) is 0 Å². The number of rotatable bonds is 2. The van der Waals surface area contributed by atoms with E-state index in [1.54, 1.807) is 24.3 Å². The van der Waals surface area contributed by atoms with E-state index in [0.29, 0.717) is 16.3 Å². The van der Waals surface area contributed by atoms with Gasteiger partial charge < -0.3 is 5.32 Å². The molecule has 0 spiro atoms. The molecule has 18 heavy (non-hydrogen) atoms. The molecular formula is C13H8Br2ClNO. The number of hydrogen-bond donors (Lipinski definition) is 1. The van der Waals surface area contributed by atoms with Crippen LogP contribution in [0.15, 0.2) is 51.4 Å². The SMILES string of the molecule is O=C(Nc1cc(Br)cc(Br)c1)c1ccccc1Cl. The summed E-state index contributed by atoms with van der Waals surface area (Å²) >= 11 is 12.7. The van der Waals surface area contributed by atoms with Gasteiger partial charge in [-0.3, -0.25) is 4.79 Å². The lowest BCUT2D eigenvalue weighted by atomic mass is 10.2. The van der Waals surface area contributed by atoms with E-state index in [1.807, 2.05) is 18.2 Å². The molecule has 2 aromatic rings. The molecule has 0 radical (unpaired) electrons. The topological polar surface area (TPSA) is 29.1 Å². The summed E-state index contributed by atoms with van der Waals surface area (Å²) in [7, 11) is 0. The number of amides is 1. The summed E-state index contributed by atoms with van der Waals surface area (Å²) in [5, 5.41) is 3.23. The first-order valence-electron chi connectivity index (χ1n) is 5.08. The van der Waals surface area contributed by atoms with Crippen molar-refractivity contribution in [3.05, 3.63) is 62.0 Å². The Hall–Kier alpha value is -0.840. The fourth-order valence-electron chi connectivity index (χ4n) is 1.47. The van der Waals surface area contributed by atoms with Crippen molar-refractivity contribution in [2.24, 2.45) is 0 Å². The second-order valence-corrected chi connectivity index (χ2v) is 5.83. The molecule has 0 aromatic heterocycles. The molecule has 92 valence electrons. The maximum Gasteiger partial charge on any atom is 0.257 e. The minimum absolute atomic E-state index is 0.231. The van der Waals surface area contributed by atoms with Crippen molar-refractivity contribution in [3.8, 4) is 0 Å². The van der Waals surface area contributed by atoms with Gasteiger partial charge >= 0.3 is 0 Å². The lowest BCUT2D eigenvalue weighted by Crippen LogP contribution is -2.12. The molecule has 0 aliphatic heterocycles. The van der Waals surface area contributed by atoms with Gasteiger partial charge in [0.25, 0.3) is 5.91 Å². The van der Waals surface area contributed by atoms with E-state index in [1.165, 1.54) is 0 Å². The van der Waals surface area contributed by atoms with E-state index in [9.17, 15) is 4.79 Å². The highest BCUT2D eigenvalue weighted by Gasteiger charge is 2.10. The summed E-state index contributed by atoms with van der Waals surface area (Å²) in [6.45, 7) is 0. The van der Waals surface area contributed by atoms with E-state index in [2.05, 4.69) is 37.2 Å². The van der Waals surface area contributed by atoms with Gasteiger partial charge in [0.2, 0.25) is 0 Å². The summed E-state index contributed by atoms with van der Waals surface area (Å²) in [6.07, 6.45) is 0. The average Bonchev–Trinajstić information content (AvgIpc) is 2.27. The van der Waals surface area contributed by atoms with Crippen LogP contribution in [0.1, 0.15) is 10.4 Å². The summed E-state index contributed by atoms with van der Waals surface area (Å²) in [5.74, 6) is -0.231. The molecule has 5 heteroatoms. The van der Waals surface area contributed by atoms with Gasteiger partial charge in [-0.05, 0) is 30.3 Å². The van der Waals surface area contributed by atoms with Crippen LogP contribution in [0.2, 0.25) is 5.02 Å². The van der Waals surface area contributed by atoms with Crippen molar-refractivity contribution in [1.29, 1.82) is 0 Å². The molecule has 0 aliphatic carbocycles. The monoisotopic (exact) mass is 387 g/mol. The molecule has 2 rings (SSSR count). The maximum atomic E-state index is 12.0. The standard InChI is InChI=1S/C13H8Br2ClNO/c14-8-5-9(15)7-10(6-8)17-13(18)11-3-1-2-4-12(11)16/h1-7H,(H,17,18). The number of hydrogen-bond acceptors (Lipinski definition) is 1. The molecule has 0 saturated carbocycles. The normalized spacial score (nSPS) is 10.2. The number of nitrogens with one attached hydrogen (secondary N) is 1. The molecule has 0 fully saturated rings. The molecule has 0 aliphatic rings. The second-order valence-electron chi connectivity index (χ2n) is 3.59. The minimum Gasteiger partial charge on any atom is -0.322 e. The molecule has 0 saturated heterocycles. The van der Waals surface area contributed by atoms with Gasteiger partial charge in [-0.1, -0.05) is 55.6 Å². The highest BCUT2D eigenvalue weighted by Crippen LogP contribution is 2.24. The number of halogens is 3. The first-order chi connectivity index (χ1) is 8.56. The Balaban J connectivity index is 2.24. The average molecular weight is 389 g/mol. The summed E-state index contributed by atoms with van der Waals surface area (Å²) in [5.41, 5.74) is 1.15. The number of benzene rings is 2. The second kappa shape index (κ2) is 5.87. The van der Waals surface area contributed by atoms with Crippen LogP contribution < -0.4 is 5.32 Å². The van der Waals surface area contributed by atoms with Crippen LogP contribution in [0.5, 0.6) is 0 Å². The zero-order valence-corrected chi connectivity index (χ0v) is 13.0. The van der Waals surface area contributed by atoms with Crippen LogP contribution in [0, 0.1) is 0 Å². The molecule has 0 atom stereocenters. The molecule has 1 amide bonds. The third-order valence-electron chi connectivity index (χ3n) is 2.24. The van der Waals surface area contributed by atoms with Gasteiger partial charge in [0.05, 0.1) is 10.6 Å². The zero-order valence-electron chi connectivity index (χ0n) is 9.08. The van der Waals surface area contributed by atoms with Gasteiger partial charge in [-0.25, -0.2) is 0 Å². The van der Waals surface area contributed by atoms with Crippen LogP contribution in [0.4, 0.5) is 5.69 Å². The predicted octanol–water partition coefficient (Wildman–Crippen LogP) is 5.12. The van der Waals surface area contributed by atoms with Crippen molar-refractivity contribution in [2.75, 3.05) is 5.32 Å². The number of carbonyl (C=O) groups is 1. The summed E-state index contributed by atoms with van der Waals surface area (Å²) in [4.78, 5) is 12.0. The van der Waals surface area contributed by atoms with Gasteiger partial charge in [-0.15, -0.1) is 0 Å². The van der Waals surface area contributed by atoms with Crippen LogP contribution in [-0.2, 0) is 0 Å². The van der Waals surface area contributed by atoms with Crippen molar-refractivity contribution < 1.29 is 4.79 Å². The third kappa shape index (κ3) is 3.34. The molecule has 0 unspecified atom stereocenters. The maximum absolute atomic E-state index is 12.0. The zero-order chi connectivity index (χ0) is 13.1. The minimum atomic E-state index is -0.231. The van der Waals surface area contributed by atoms with E-state index in [4.69, 9.17) is 11.6 Å². The predicted molar refractivity (Wildman–Crippen MR) is 81.2 cm³/mol. The van der Waals surface area contributed by atoms with Crippen molar-refractivity contribution in [2.45, 2.75) is 0 Å². The van der Waals surface area contributed by atoms with Gasteiger partial charge in [0.1, 0.15) is 0 Å². The quantitative estimate of drug-likeness (QED) is 0.759. The van der Waals surface area contributed by atoms with Crippen molar-refractivity contribution >= 4 is 55.1 Å². The largest absolute Gasteiger partial charge is 0.322 e. The Bertz CT molecular complexity index is 581. The van der Waals surface area contributed by atoms with Crippen LogP contribution in [0.25, 0.3) is 0 Å². The lowest BCUT2D eigenvalue weighted by Gasteiger charge is -2.07. The molecule has 0 bridgehead atoms. The van der Waals surface area contributed by atoms with Crippen LogP contribution in [0.3, 0.4) is 0 Å². The summed E-state index contributed by atoms with van der Waals surface area (Å²) in [6, 6.07) is 12.5. The van der Waals surface area contributed by atoms with Gasteiger partial charge in [0, 0.05) is 14.6 Å². The van der Waals surface area contributed by atoms with Crippen LogP contribution in [-0.4, -0.2) is 5.91 Å². The van der Waals surface area contributed by atoms with E-state index < -0.39 is 0 Å². The Labute approximate surface area is 127 Å². The Morgan fingerprint density at radius 2 is 1.67 bits per heavy atom. The Morgan fingerprint density at radius 3 is 2.28 bits per heavy atom. The first-order valence-corrected chi connectivity index (χ1v) is 7.04. The highest BCUT2D eigenvalue weighted by molar-refractivity contribution is 9.11. The third-order valence-corrected chi connectivity index (χ3v) is 3.48. The van der Waals surface area contributed by atoms with Crippen LogP contribution >= 0.6 is 43.5 Å². The first kappa shape index (κ1) is 13.6. The molecule has 2 aromatic carbocycles.